The van der Waals surface area contributed by atoms with Gasteiger partial charge in [-0.05, 0) is 18.2 Å². The van der Waals surface area contributed by atoms with E-state index in [1.807, 2.05) is 6.07 Å². The Bertz CT molecular complexity index is 629. The number of nitrogens with two attached hydrogens (primary N) is 1. The summed E-state index contributed by atoms with van der Waals surface area (Å²) in [6.45, 7) is 0.0368. The molecule has 2 aromatic rings. The van der Waals surface area contributed by atoms with Crippen LogP contribution in [0.3, 0.4) is 0 Å². The number of benzene rings is 1. The zero-order chi connectivity index (χ0) is 14.7. The highest BCUT2D eigenvalue weighted by Gasteiger charge is 2.19. The molecular weight excluding hydrogens is 300 g/mol. The molecule has 108 valence electrons. The smallest absolute Gasteiger partial charge is 0.263 e. The predicted molar refractivity (Wildman–Crippen MR) is 81.5 cm³/mol. The highest BCUT2D eigenvalue weighted by molar-refractivity contribution is 7.21. The monoisotopic (exact) mass is 314 g/mol. The van der Waals surface area contributed by atoms with Crippen molar-refractivity contribution in [3.63, 3.8) is 0 Å². The third-order valence-electron chi connectivity index (χ3n) is 2.82. The van der Waals surface area contributed by atoms with Gasteiger partial charge in [-0.25, -0.2) is 0 Å². The van der Waals surface area contributed by atoms with E-state index in [2.05, 4.69) is 5.32 Å². The molecule has 0 saturated carbocycles. The Balaban J connectivity index is 2.28. The van der Waals surface area contributed by atoms with Crippen LogP contribution in [0.15, 0.2) is 18.2 Å². The van der Waals surface area contributed by atoms with Gasteiger partial charge in [-0.15, -0.1) is 11.3 Å². The first-order valence-electron chi connectivity index (χ1n) is 5.95. The van der Waals surface area contributed by atoms with Gasteiger partial charge in [0.15, 0.2) is 0 Å². The molecule has 0 aliphatic carbocycles. The van der Waals surface area contributed by atoms with Crippen LogP contribution in [0.1, 0.15) is 9.67 Å². The molecule has 0 spiro atoms. The number of nitrogens with one attached hydrogen (secondary N) is 1. The van der Waals surface area contributed by atoms with E-state index in [-0.39, 0.29) is 19.1 Å². The maximum Gasteiger partial charge on any atom is 0.263 e. The molecule has 0 radical (unpaired) electrons. The van der Waals surface area contributed by atoms with Crippen molar-refractivity contribution >= 4 is 44.6 Å². The first-order chi connectivity index (χ1) is 9.56. The fourth-order valence-electron chi connectivity index (χ4n) is 1.85. The van der Waals surface area contributed by atoms with Crippen LogP contribution in [0.2, 0.25) is 5.02 Å². The average Bonchev–Trinajstić information content (AvgIpc) is 2.75. The van der Waals surface area contributed by atoms with Crippen molar-refractivity contribution in [3.8, 4) is 0 Å². The number of aliphatic hydroxyl groups is 1. The molecule has 1 heterocycles. The van der Waals surface area contributed by atoms with Crippen LogP contribution in [-0.2, 0) is 4.74 Å². The number of hydrogen-bond donors (Lipinski definition) is 3. The molecule has 2 rings (SSSR count). The summed E-state index contributed by atoms with van der Waals surface area (Å²) in [6, 6.07) is 4.86. The number of hydrogen-bond acceptors (Lipinski definition) is 5. The van der Waals surface area contributed by atoms with Crippen LogP contribution >= 0.6 is 22.9 Å². The average molecular weight is 315 g/mol. The van der Waals surface area contributed by atoms with E-state index in [9.17, 15) is 4.79 Å². The minimum absolute atomic E-state index is 0.198. The van der Waals surface area contributed by atoms with E-state index in [0.717, 1.165) is 10.1 Å². The normalized spacial score (nSPS) is 12.6. The summed E-state index contributed by atoms with van der Waals surface area (Å²) in [4.78, 5) is 12.6. The summed E-state index contributed by atoms with van der Waals surface area (Å²) in [7, 11) is 1.50. The van der Waals surface area contributed by atoms with Crippen molar-refractivity contribution in [2.24, 2.45) is 0 Å². The van der Waals surface area contributed by atoms with Crippen LogP contribution in [0.5, 0.6) is 0 Å². The van der Waals surface area contributed by atoms with Crippen LogP contribution in [0.4, 0.5) is 5.69 Å². The van der Waals surface area contributed by atoms with Gasteiger partial charge in [0.25, 0.3) is 5.91 Å². The van der Waals surface area contributed by atoms with Gasteiger partial charge in [-0.2, -0.15) is 0 Å². The van der Waals surface area contributed by atoms with E-state index in [1.54, 1.807) is 12.1 Å². The van der Waals surface area contributed by atoms with Crippen molar-refractivity contribution in [2.75, 3.05) is 26.1 Å². The molecule has 7 heteroatoms. The first-order valence-corrected chi connectivity index (χ1v) is 7.14. The second kappa shape index (κ2) is 6.41. The van der Waals surface area contributed by atoms with Gasteiger partial charge >= 0.3 is 0 Å². The maximum absolute atomic E-state index is 12.2. The number of fused-ring (bicyclic) bond motifs is 1. The lowest BCUT2D eigenvalue weighted by Crippen LogP contribution is -2.40. The molecule has 1 unspecified atom stereocenters. The van der Waals surface area contributed by atoms with Gasteiger partial charge in [0.2, 0.25) is 0 Å². The molecule has 0 fully saturated rings. The molecule has 0 bridgehead atoms. The number of thiophene rings is 1. The van der Waals surface area contributed by atoms with E-state index in [0.29, 0.717) is 15.6 Å². The Morgan fingerprint density at radius 2 is 2.35 bits per heavy atom. The van der Waals surface area contributed by atoms with Gasteiger partial charge in [0.1, 0.15) is 4.88 Å². The number of rotatable bonds is 5. The molecule has 4 N–H and O–H groups in total. The highest BCUT2D eigenvalue weighted by atomic mass is 35.5. The van der Waals surface area contributed by atoms with Crippen LogP contribution in [-0.4, -0.2) is 37.4 Å². The van der Waals surface area contributed by atoms with E-state index >= 15 is 0 Å². The molecule has 5 nitrogen and oxygen atoms in total. The zero-order valence-corrected chi connectivity index (χ0v) is 12.4. The van der Waals surface area contributed by atoms with E-state index in [1.165, 1.54) is 18.4 Å². The number of nitrogen functional groups attached to an aromatic ring is 1. The van der Waals surface area contributed by atoms with Crippen molar-refractivity contribution in [3.05, 3.63) is 28.1 Å². The molecule has 1 amide bonds. The fourth-order valence-corrected chi connectivity index (χ4v) is 3.03. The van der Waals surface area contributed by atoms with Crippen LogP contribution in [0.25, 0.3) is 10.1 Å². The van der Waals surface area contributed by atoms with Gasteiger partial charge in [0, 0.05) is 22.2 Å². The Kier molecular flexibility index (Phi) is 4.82. The minimum Gasteiger partial charge on any atom is -0.397 e. The molecule has 0 saturated heterocycles. The molecule has 1 aromatic heterocycles. The lowest BCUT2D eigenvalue weighted by molar-refractivity contribution is 0.0844. The summed E-state index contributed by atoms with van der Waals surface area (Å²) in [6.07, 6.45) is 0. The Morgan fingerprint density at radius 1 is 1.60 bits per heavy atom. The van der Waals surface area contributed by atoms with Crippen molar-refractivity contribution < 1.29 is 14.6 Å². The largest absolute Gasteiger partial charge is 0.397 e. The first kappa shape index (κ1) is 15.1. The minimum atomic E-state index is -0.458. The SMILES string of the molecule is COCC(CO)NC(=O)c1sc2ccc(Cl)cc2c1N. The van der Waals surface area contributed by atoms with Crippen molar-refractivity contribution in [1.29, 1.82) is 0 Å². The number of carbonyl (C=O) groups is 1. The number of carbonyl (C=O) groups excluding carboxylic acids is 1. The fraction of sp³-hybridized carbons (Fsp3) is 0.308. The number of aliphatic hydroxyl groups excluding tert-OH is 1. The summed E-state index contributed by atoms with van der Waals surface area (Å²) >= 11 is 7.22. The van der Waals surface area contributed by atoms with Crippen molar-refractivity contribution in [2.45, 2.75) is 6.04 Å². The van der Waals surface area contributed by atoms with E-state index in [4.69, 9.17) is 27.2 Å². The summed E-state index contributed by atoms with van der Waals surface area (Å²) in [5, 5.41) is 13.2. The standard InChI is InChI=1S/C13H15ClN2O3S/c1-19-6-8(5-17)16-13(18)12-11(15)9-4-7(14)2-3-10(9)20-12/h2-4,8,17H,5-6,15H2,1H3,(H,16,18). The molecule has 1 atom stereocenters. The second-order valence-electron chi connectivity index (χ2n) is 4.29. The Labute approximate surface area is 125 Å². The number of halogens is 1. The third kappa shape index (κ3) is 3.04. The topological polar surface area (TPSA) is 84.6 Å². The molecule has 20 heavy (non-hydrogen) atoms. The maximum atomic E-state index is 12.2. The number of ether oxygens (including phenoxy) is 1. The van der Waals surface area contributed by atoms with Gasteiger partial charge < -0.3 is 20.9 Å². The number of methoxy groups -OCH3 is 1. The lowest BCUT2D eigenvalue weighted by Gasteiger charge is -2.14. The van der Waals surface area contributed by atoms with Crippen molar-refractivity contribution in [1.82, 2.24) is 5.32 Å². The summed E-state index contributed by atoms with van der Waals surface area (Å²) in [5.41, 5.74) is 6.40. The van der Waals surface area contributed by atoms with Gasteiger partial charge in [-0.1, -0.05) is 11.6 Å². The molecule has 0 aliphatic heterocycles. The van der Waals surface area contributed by atoms with E-state index < -0.39 is 6.04 Å². The predicted octanol–water partition coefficient (Wildman–Crippen LogP) is 1.87. The number of anilines is 1. The lowest BCUT2D eigenvalue weighted by atomic mass is 10.2. The number of amides is 1. The highest BCUT2D eigenvalue weighted by Crippen LogP contribution is 2.35. The quantitative estimate of drug-likeness (QED) is 0.786. The van der Waals surface area contributed by atoms with Crippen LogP contribution in [0, 0.1) is 0 Å². The molecular formula is C13H15ClN2O3S. The zero-order valence-electron chi connectivity index (χ0n) is 10.9. The summed E-state index contributed by atoms with van der Waals surface area (Å²) < 4.78 is 5.81. The van der Waals surface area contributed by atoms with Gasteiger partial charge in [0.05, 0.1) is 24.9 Å². The Hall–Kier alpha value is -1.34. The Morgan fingerprint density at radius 3 is 3.00 bits per heavy atom. The second-order valence-corrected chi connectivity index (χ2v) is 5.78. The van der Waals surface area contributed by atoms with Crippen LogP contribution < -0.4 is 11.1 Å². The molecule has 1 aromatic carbocycles. The third-order valence-corrected chi connectivity index (χ3v) is 4.24. The summed E-state index contributed by atoms with van der Waals surface area (Å²) in [5.74, 6) is -0.323. The van der Waals surface area contributed by atoms with Gasteiger partial charge in [-0.3, -0.25) is 4.79 Å². The molecule has 0 aliphatic rings.